The second kappa shape index (κ2) is 6.43. The number of pyridine rings is 1. The van der Waals surface area contributed by atoms with E-state index in [1.165, 1.54) is 18.4 Å². The van der Waals surface area contributed by atoms with Crippen LogP contribution in [0.3, 0.4) is 0 Å². The van der Waals surface area contributed by atoms with E-state index in [4.69, 9.17) is 0 Å². The van der Waals surface area contributed by atoms with Gasteiger partial charge in [0.15, 0.2) is 0 Å². The van der Waals surface area contributed by atoms with E-state index in [0.29, 0.717) is 0 Å². The maximum absolute atomic E-state index is 4.68. The number of aryl methyl sites for hydroxylation is 1. The minimum Gasteiger partial charge on any atom is -0.357 e. The Balaban J connectivity index is 2.08. The van der Waals surface area contributed by atoms with Crippen molar-refractivity contribution in [3.05, 3.63) is 23.4 Å². The van der Waals surface area contributed by atoms with Crippen LogP contribution in [0.2, 0.25) is 0 Å². The molecule has 0 saturated carbocycles. The van der Waals surface area contributed by atoms with E-state index in [1.54, 1.807) is 0 Å². The number of nitrogens with one attached hydrogen (secondary N) is 1. The zero-order valence-corrected chi connectivity index (χ0v) is 12.4. The van der Waals surface area contributed by atoms with Crippen molar-refractivity contribution >= 4 is 17.6 Å². The number of aromatic nitrogens is 1. The molecule has 1 fully saturated rings. The monoisotopic (exact) mass is 265 g/mol. The summed E-state index contributed by atoms with van der Waals surface area (Å²) in [5.41, 5.74) is 2.44. The first kappa shape index (κ1) is 13.7. The molecule has 1 aliphatic heterocycles. The lowest BCUT2D eigenvalue weighted by molar-refractivity contribution is 0.586. The summed E-state index contributed by atoms with van der Waals surface area (Å²) in [4.78, 5) is 7.11. The van der Waals surface area contributed by atoms with Gasteiger partial charge in [0.05, 0.1) is 0 Å². The SMILES string of the molecule is CNCc1cc(C)nc(N2CCC(SC)CC2)c1. The Morgan fingerprint density at radius 3 is 2.72 bits per heavy atom. The van der Waals surface area contributed by atoms with Crippen LogP contribution in [0.1, 0.15) is 24.1 Å². The molecule has 18 heavy (non-hydrogen) atoms. The molecule has 0 aliphatic carbocycles. The Labute approximate surface area is 114 Å². The van der Waals surface area contributed by atoms with Crippen molar-refractivity contribution in [1.82, 2.24) is 10.3 Å². The van der Waals surface area contributed by atoms with Gasteiger partial charge in [-0.3, -0.25) is 0 Å². The van der Waals surface area contributed by atoms with Gasteiger partial charge < -0.3 is 10.2 Å². The average molecular weight is 265 g/mol. The van der Waals surface area contributed by atoms with E-state index < -0.39 is 0 Å². The van der Waals surface area contributed by atoms with Gasteiger partial charge in [-0.2, -0.15) is 11.8 Å². The van der Waals surface area contributed by atoms with Crippen LogP contribution in [-0.4, -0.2) is 36.6 Å². The van der Waals surface area contributed by atoms with E-state index in [2.05, 4.69) is 40.5 Å². The third kappa shape index (κ3) is 3.39. The van der Waals surface area contributed by atoms with Crippen LogP contribution in [0.5, 0.6) is 0 Å². The van der Waals surface area contributed by atoms with Crippen molar-refractivity contribution in [1.29, 1.82) is 0 Å². The first-order valence-electron chi connectivity index (χ1n) is 6.63. The van der Waals surface area contributed by atoms with Gasteiger partial charge >= 0.3 is 0 Å². The third-order valence-corrected chi connectivity index (χ3v) is 4.62. The number of rotatable bonds is 4. The zero-order valence-electron chi connectivity index (χ0n) is 11.6. The normalized spacial score (nSPS) is 17.2. The van der Waals surface area contributed by atoms with Crippen LogP contribution in [0.4, 0.5) is 5.82 Å². The molecule has 2 rings (SSSR count). The molecule has 3 nitrogen and oxygen atoms in total. The predicted octanol–water partition coefficient (Wildman–Crippen LogP) is 2.44. The number of piperidine rings is 1. The Kier molecular flexibility index (Phi) is 4.89. The molecule has 1 N–H and O–H groups in total. The summed E-state index contributed by atoms with van der Waals surface area (Å²) in [6, 6.07) is 4.39. The summed E-state index contributed by atoms with van der Waals surface area (Å²) in [5.74, 6) is 1.15. The van der Waals surface area contributed by atoms with Gasteiger partial charge in [0.25, 0.3) is 0 Å². The summed E-state index contributed by atoms with van der Waals surface area (Å²) in [5, 5.41) is 4.04. The van der Waals surface area contributed by atoms with Gasteiger partial charge in [-0.05, 0) is 50.8 Å². The van der Waals surface area contributed by atoms with E-state index >= 15 is 0 Å². The van der Waals surface area contributed by atoms with Crippen LogP contribution in [0.15, 0.2) is 12.1 Å². The van der Waals surface area contributed by atoms with Crippen molar-refractivity contribution in [2.24, 2.45) is 0 Å². The molecule has 1 aromatic rings. The Morgan fingerprint density at radius 1 is 1.39 bits per heavy atom. The van der Waals surface area contributed by atoms with Crippen molar-refractivity contribution in [2.45, 2.75) is 31.6 Å². The molecule has 0 atom stereocenters. The minimum absolute atomic E-state index is 0.836. The molecular weight excluding hydrogens is 242 g/mol. The van der Waals surface area contributed by atoms with Crippen LogP contribution in [-0.2, 0) is 6.54 Å². The van der Waals surface area contributed by atoms with Crippen LogP contribution in [0.25, 0.3) is 0 Å². The predicted molar refractivity (Wildman–Crippen MR) is 80.5 cm³/mol. The lowest BCUT2D eigenvalue weighted by Gasteiger charge is -2.32. The van der Waals surface area contributed by atoms with Crippen LogP contribution < -0.4 is 10.2 Å². The Hall–Kier alpha value is -0.740. The van der Waals surface area contributed by atoms with Gasteiger partial charge in [-0.15, -0.1) is 0 Å². The topological polar surface area (TPSA) is 28.2 Å². The highest BCUT2D eigenvalue weighted by Gasteiger charge is 2.19. The number of nitrogens with zero attached hydrogens (tertiary/aromatic N) is 2. The average Bonchev–Trinajstić information content (AvgIpc) is 2.38. The fourth-order valence-electron chi connectivity index (χ4n) is 2.51. The largest absolute Gasteiger partial charge is 0.357 e. The van der Waals surface area contributed by atoms with Gasteiger partial charge in [-0.25, -0.2) is 4.98 Å². The summed E-state index contributed by atoms with van der Waals surface area (Å²) in [7, 11) is 1.99. The molecule has 1 aromatic heterocycles. The van der Waals surface area contributed by atoms with Crippen molar-refractivity contribution in [3.63, 3.8) is 0 Å². The molecule has 0 spiro atoms. The molecule has 0 bridgehead atoms. The second-order valence-electron chi connectivity index (χ2n) is 4.93. The highest BCUT2D eigenvalue weighted by atomic mass is 32.2. The lowest BCUT2D eigenvalue weighted by Crippen LogP contribution is -2.35. The summed E-state index contributed by atoms with van der Waals surface area (Å²) >= 11 is 2.00. The molecule has 2 heterocycles. The molecule has 0 unspecified atom stereocenters. The number of hydrogen-bond acceptors (Lipinski definition) is 4. The molecule has 0 amide bonds. The zero-order chi connectivity index (χ0) is 13.0. The van der Waals surface area contributed by atoms with Crippen LogP contribution >= 0.6 is 11.8 Å². The molecule has 4 heteroatoms. The van der Waals surface area contributed by atoms with E-state index in [-0.39, 0.29) is 0 Å². The van der Waals surface area contributed by atoms with Crippen molar-refractivity contribution in [2.75, 3.05) is 31.3 Å². The third-order valence-electron chi connectivity index (χ3n) is 3.48. The highest BCUT2D eigenvalue weighted by molar-refractivity contribution is 7.99. The van der Waals surface area contributed by atoms with Gasteiger partial charge in [0, 0.05) is 30.6 Å². The van der Waals surface area contributed by atoms with E-state index in [9.17, 15) is 0 Å². The minimum atomic E-state index is 0.836. The standard InChI is InChI=1S/C14H23N3S/c1-11-8-12(10-15-2)9-14(16-11)17-6-4-13(18-3)5-7-17/h8-9,13,15H,4-7,10H2,1-3H3. The van der Waals surface area contributed by atoms with Crippen LogP contribution in [0, 0.1) is 6.92 Å². The lowest BCUT2D eigenvalue weighted by atomic mass is 10.1. The maximum atomic E-state index is 4.68. The number of thioether (sulfide) groups is 1. The Bertz CT molecular complexity index is 387. The fraction of sp³-hybridized carbons (Fsp3) is 0.643. The molecule has 1 saturated heterocycles. The second-order valence-corrected chi connectivity index (χ2v) is 6.07. The smallest absolute Gasteiger partial charge is 0.129 e. The first-order chi connectivity index (χ1) is 8.72. The number of hydrogen-bond donors (Lipinski definition) is 1. The van der Waals surface area contributed by atoms with Gasteiger partial charge in [-0.1, -0.05) is 0 Å². The number of anilines is 1. The van der Waals surface area contributed by atoms with E-state index in [1.807, 2.05) is 18.8 Å². The first-order valence-corrected chi connectivity index (χ1v) is 7.91. The maximum Gasteiger partial charge on any atom is 0.129 e. The molecule has 0 radical (unpaired) electrons. The highest BCUT2D eigenvalue weighted by Crippen LogP contribution is 2.25. The van der Waals surface area contributed by atoms with Gasteiger partial charge in [0.1, 0.15) is 5.82 Å². The molecule has 100 valence electrons. The van der Waals surface area contributed by atoms with E-state index in [0.717, 1.165) is 36.4 Å². The Morgan fingerprint density at radius 2 is 2.11 bits per heavy atom. The summed E-state index contributed by atoms with van der Waals surface area (Å²) in [6.07, 6.45) is 4.77. The quantitative estimate of drug-likeness (QED) is 0.905. The van der Waals surface area contributed by atoms with Gasteiger partial charge in [0.2, 0.25) is 0 Å². The molecule has 1 aliphatic rings. The molecule has 0 aromatic carbocycles. The fourth-order valence-corrected chi connectivity index (χ4v) is 3.19. The molecular formula is C14H23N3S. The van der Waals surface area contributed by atoms with Crippen molar-refractivity contribution < 1.29 is 0 Å². The van der Waals surface area contributed by atoms with Crippen molar-refractivity contribution in [3.8, 4) is 0 Å². The summed E-state index contributed by atoms with van der Waals surface area (Å²) < 4.78 is 0. The summed E-state index contributed by atoms with van der Waals surface area (Å²) in [6.45, 7) is 5.27.